The summed E-state index contributed by atoms with van der Waals surface area (Å²) in [5, 5.41) is 1.66. The number of rotatable bonds is 5. The van der Waals surface area contributed by atoms with Crippen LogP contribution in [0.2, 0.25) is 5.02 Å². The van der Waals surface area contributed by atoms with Crippen LogP contribution in [0, 0.1) is 5.82 Å². The summed E-state index contributed by atoms with van der Waals surface area (Å²) in [7, 11) is 0. The van der Waals surface area contributed by atoms with E-state index in [1.807, 2.05) is 5.32 Å². The molecule has 128 valence electrons. The number of amides is 1. The van der Waals surface area contributed by atoms with Crippen LogP contribution in [0.3, 0.4) is 0 Å². The molecule has 2 aromatic rings. The lowest BCUT2D eigenvalue weighted by atomic mass is 10.1. The molecule has 0 heterocycles. The number of carbonyl (C=O) groups excluding carboxylic acids is 1. The summed E-state index contributed by atoms with van der Waals surface area (Å²) in [4.78, 5) is 11.8. The van der Waals surface area contributed by atoms with Gasteiger partial charge in [-0.3, -0.25) is 4.79 Å². The van der Waals surface area contributed by atoms with Crippen molar-refractivity contribution in [2.75, 3.05) is 6.61 Å². The lowest BCUT2D eigenvalue weighted by molar-refractivity contribution is -0.164. The second-order valence-corrected chi connectivity index (χ2v) is 5.22. The van der Waals surface area contributed by atoms with Crippen LogP contribution in [-0.2, 0) is 4.79 Å². The van der Waals surface area contributed by atoms with Gasteiger partial charge in [-0.1, -0.05) is 41.9 Å². The fourth-order valence-electron chi connectivity index (χ4n) is 1.92. The first-order valence-corrected chi connectivity index (χ1v) is 7.14. The SMILES string of the molecule is O=C(COc1ccc(F)c(Cl)c1)NC(c1ccccc1)C(F)(F)F. The third kappa shape index (κ3) is 4.86. The van der Waals surface area contributed by atoms with E-state index in [0.717, 1.165) is 12.1 Å². The summed E-state index contributed by atoms with van der Waals surface area (Å²) in [6.45, 7) is -0.665. The number of benzene rings is 2. The quantitative estimate of drug-likeness (QED) is 0.807. The van der Waals surface area contributed by atoms with E-state index in [-0.39, 0.29) is 16.3 Å². The minimum Gasteiger partial charge on any atom is -0.484 e. The molecule has 0 aliphatic carbocycles. The van der Waals surface area contributed by atoms with Gasteiger partial charge in [-0.2, -0.15) is 13.2 Å². The molecule has 1 N–H and O–H groups in total. The fraction of sp³-hybridized carbons (Fsp3) is 0.188. The van der Waals surface area contributed by atoms with E-state index in [0.29, 0.717) is 0 Å². The number of halogens is 5. The van der Waals surface area contributed by atoms with Crippen molar-refractivity contribution in [3.63, 3.8) is 0 Å². The van der Waals surface area contributed by atoms with Crippen LogP contribution in [0.4, 0.5) is 17.6 Å². The average Bonchev–Trinajstić information content (AvgIpc) is 2.53. The van der Waals surface area contributed by atoms with E-state index >= 15 is 0 Å². The number of nitrogens with one attached hydrogen (secondary N) is 1. The highest BCUT2D eigenvalue weighted by Crippen LogP contribution is 2.32. The van der Waals surface area contributed by atoms with Crippen molar-refractivity contribution < 1.29 is 27.1 Å². The zero-order chi connectivity index (χ0) is 17.7. The maximum atomic E-state index is 13.1. The van der Waals surface area contributed by atoms with Gasteiger partial charge in [0.05, 0.1) is 5.02 Å². The van der Waals surface area contributed by atoms with Gasteiger partial charge in [-0.05, 0) is 17.7 Å². The van der Waals surface area contributed by atoms with Crippen LogP contribution < -0.4 is 10.1 Å². The standard InChI is InChI=1S/C16H12ClF4NO2/c17-12-8-11(6-7-13(12)18)24-9-14(23)22-15(16(19,20)21)10-4-2-1-3-5-10/h1-8,15H,9H2,(H,22,23). The van der Waals surface area contributed by atoms with Crippen LogP contribution in [0.5, 0.6) is 5.75 Å². The zero-order valence-corrected chi connectivity index (χ0v) is 12.9. The van der Waals surface area contributed by atoms with Crippen LogP contribution >= 0.6 is 11.6 Å². The normalized spacial score (nSPS) is 12.5. The van der Waals surface area contributed by atoms with Gasteiger partial charge < -0.3 is 10.1 Å². The molecule has 1 unspecified atom stereocenters. The minimum atomic E-state index is -4.66. The van der Waals surface area contributed by atoms with Gasteiger partial charge in [0.1, 0.15) is 11.6 Å². The van der Waals surface area contributed by atoms with Gasteiger partial charge in [-0.15, -0.1) is 0 Å². The summed E-state index contributed by atoms with van der Waals surface area (Å²) in [6.07, 6.45) is -4.66. The van der Waals surface area contributed by atoms with E-state index in [4.69, 9.17) is 16.3 Å². The van der Waals surface area contributed by atoms with E-state index in [1.165, 1.54) is 30.3 Å². The lowest BCUT2D eigenvalue weighted by Gasteiger charge is -2.22. The second kappa shape index (κ2) is 7.53. The first kappa shape index (κ1) is 18.1. The molecule has 3 nitrogen and oxygen atoms in total. The predicted molar refractivity (Wildman–Crippen MR) is 80.3 cm³/mol. The first-order chi connectivity index (χ1) is 11.3. The van der Waals surface area contributed by atoms with E-state index in [9.17, 15) is 22.4 Å². The molecule has 8 heteroatoms. The number of hydrogen-bond acceptors (Lipinski definition) is 2. The molecule has 0 bridgehead atoms. The van der Waals surface area contributed by atoms with Gasteiger partial charge in [0, 0.05) is 6.07 Å². The molecule has 0 fully saturated rings. The molecule has 0 saturated heterocycles. The van der Waals surface area contributed by atoms with Gasteiger partial charge >= 0.3 is 6.18 Å². The summed E-state index contributed by atoms with van der Waals surface area (Å²) >= 11 is 5.55. The van der Waals surface area contributed by atoms with Gasteiger partial charge in [0.25, 0.3) is 5.91 Å². The predicted octanol–water partition coefficient (Wildman–Crippen LogP) is 4.28. The highest BCUT2D eigenvalue weighted by Gasteiger charge is 2.41. The van der Waals surface area contributed by atoms with Crippen LogP contribution in [0.1, 0.15) is 11.6 Å². The number of alkyl halides is 3. The molecule has 0 saturated carbocycles. The number of carbonyl (C=O) groups is 1. The van der Waals surface area contributed by atoms with E-state index in [1.54, 1.807) is 6.07 Å². The maximum Gasteiger partial charge on any atom is 0.412 e. The Morgan fingerprint density at radius 1 is 1.17 bits per heavy atom. The van der Waals surface area contributed by atoms with Crippen molar-refractivity contribution in [1.82, 2.24) is 5.32 Å². The molecule has 0 aliphatic rings. The Morgan fingerprint density at radius 2 is 1.83 bits per heavy atom. The second-order valence-electron chi connectivity index (χ2n) is 4.82. The van der Waals surface area contributed by atoms with Crippen LogP contribution in [-0.4, -0.2) is 18.7 Å². The summed E-state index contributed by atoms with van der Waals surface area (Å²) in [5.74, 6) is -1.57. The zero-order valence-electron chi connectivity index (χ0n) is 12.1. The molecule has 1 amide bonds. The molecule has 0 aliphatic heterocycles. The molecular formula is C16H12ClF4NO2. The van der Waals surface area contributed by atoms with Crippen molar-refractivity contribution in [2.45, 2.75) is 12.2 Å². The number of ether oxygens (including phenoxy) is 1. The Kier molecular flexibility index (Phi) is 5.66. The highest BCUT2D eigenvalue weighted by atomic mass is 35.5. The molecule has 24 heavy (non-hydrogen) atoms. The molecule has 2 aromatic carbocycles. The van der Waals surface area contributed by atoms with Gasteiger partial charge in [0.15, 0.2) is 12.6 Å². The largest absolute Gasteiger partial charge is 0.484 e. The Balaban J connectivity index is 2.02. The Hall–Kier alpha value is -2.28. The van der Waals surface area contributed by atoms with Crippen molar-refractivity contribution in [3.8, 4) is 5.75 Å². The van der Waals surface area contributed by atoms with Crippen molar-refractivity contribution in [3.05, 3.63) is 64.9 Å². The third-order valence-corrected chi connectivity index (χ3v) is 3.32. The summed E-state index contributed by atoms with van der Waals surface area (Å²) in [5.41, 5.74) is -0.0943. The van der Waals surface area contributed by atoms with Crippen molar-refractivity contribution in [1.29, 1.82) is 0 Å². The van der Waals surface area contributed by atoms with Gasteiger partial charge in [-0.25, -0.2) is 4.39 Å². The third-order valence-electron chi connectivity index (χ3n) is 3.03. The summed E-state index contributed by atoms with van der Waals surface area (Å²) < 4.78 is 57.4. The maximum absolute atomic E-state index is 13.1. The average molecular weight is 362 g/mol. The monoisotopic (exact) mass is 361 g/mol. The molecule has 0 spiro atoms. The summed E-state index contributed by atoms with van der Waals surface area (Å²) in [6, 6.07) is 8.20. The Morgan fingerprint density at radius 3 is 2.42 bits per heavy atom. The molecule has 0 radical (unpaired) electrons. The topological polar surface area (TPSA) is 38.3 Å². The first-order valence-electron chi connectivity index (χ1n) is 6.76. The van der Waals surface area contributed by atoms with E-state index < -0.39 is 30.5 Å². The molecule has 2 rings (SSSR count). The van der Waals surface area contributed by atoms with Crippen LogP contribution in [0.25, 0.3) is 0 Å². The molecular weight excluding hydrogens is 350 g/mol. The van der Waals surface area contributed by atoms with Crippen LogP contribution in [0.15, 0.2) is 48.5 Å². The fourth-order valence-corrected chi connectivity index (χ4v) is 2.09. The highest BCUT2D eigenvalue weighted by molar-refractivity contribution is 6.30. The lowest BCUT2D eigenvalue weighted by Crippen LogP contribution is -2.40. The minimum absolute atomic E-state index is 0.0693. The Labute approximate surface area is 140 Å². The molecule has 1 atom stereocenters. The van der Waals surface area contributed by atoms with Crippen molar-refractivity contribution >= 4 is 17.5 Å². The molecule has 0 aromatic heterocycles. The van der Waals surface area contributed by atoms with Gasteiger partial charge in [0.2, 0.25) is 0 Å². The van der Waals surface area contributed by atoms with Crippen molar-refractivity contribution in [2.24, 2.45) is 0 Å². The Bertz CT molecular complexity index is 707. The van der Waals surface area contributed by atoms with E-state index in [2.05, 4.69) is 0 Å². The smallest absolute Gasteiger partial charge is 0.412 e. The number of hydrogen-bond donors (Lipinski definition) is 1.